The van der Waals surface area contributed by atoms with Crippen molar-refractivity contribution < 1.29 is 19.4 Å². The summed E-state index contributed by atoms with van der Waals surface area (Å²) in [7, 11) is 1.44. The Morgan fingerprint density at radius 3 is 3.10 bits per heavy atom. The third-order valence-electron chi connectivity index (χ3n) is 2.67. The smallest absolute Gasteiger partial charge is 0.245 e. The molecule has 0 unspecified atom stereocenters. The summed E-state index contributed by atoms with van der Waals surface area (Å²) in [5.74, 6) is -0.255. The van der Waals surface area contributed by atoms with Gasteiger partial charge < -0.3 is 9.84 Å². The van der Waals surface area contributed by atoms with Gasteiger partial charge in [0.05, 0.1) is 31.9 Å². The maximum absolute atomic E-state index is 11.6. The van der Waals surface area contributed by atoms with Crippen molar-refractivity contribution in [2.24, 2.45) is 10.2 Å². The molecule has 110 valence electrons. The normalized spacial score (nSPS) is 14.0. The fourth-order valence-electron chi connectivity index (χ4n) is 1.69. The lowest BCUT2D eigenvalue weighted by Crippen LogP contribution is -2.20. The number of aromatic hydroxyl groups is 1. The summed E-state index contributed by atoms with van der Waals surface area (Å²) in [5, 5.41) is 16.9. The number of hydrogen-bond donors (Lipinski definition) is 3. The van der Waals surface area contributed by atoms with Gasteiger partial charge in [0.1, 0.15) is 0 Å². The molecule has 3 N–H and O–H groups in total. The number of phenolic OH excluding ortho intramolecular Hbond substituents is 1. The predicted octanol–water partition coefficient (Wildman–Crippen LogP) is 0.117. The first kappa shape index (κ1) is 14.5. The molecule has 8 nitrogen and oxygen atoms in total. The molecule has 2 amide bonds. The van der Waals surface area contributed by atoms with Crippen LogP contribution in [0.3, 0.4) is 0 Å². The van der Waals surface area contributed by atoms with Gasteiger partial charge in [-0.2, -0.15) is 10.2 Å². The van der Waals surface area contributed by atoms with Gasteiger partial charge in [-0.1, -0.05) is 0 Å². The van der Waals surface area contributed by atoms with Gasteiger partial charge in [0, 0.05) is 0 Å². The molecular weight excluding hydrogens is 276 g/mol. The molecule has 0 atom stereocenters. The van der Waals surface area contributed by atoms with Crippen molar-refractivity contribution in [1.82, 2.24) is 10.9 Å². The summed E-state index contributed by atoms with van der Waals surface area (Å²) >= 11 is 0. The first-order valence-corrected chi connectivity index (χ1v) is 6.11. The number of carbonyl (C=O) groups excluding carboxylic acids is 2. The Hall–Kier alpha value is -2.90. The number of carbonyl (C=O) groups is 2. The molecule has 1 aromatic carbocycles. The quantitative estimate of drug-likeness (QED) is 0.528. The van der Waals surface area contributed by atoms with Crippen molar-refractivity contribution >= 4 is 23.7 Å². The highest BCUT2D eigenvalue weighted by Crippen LogP contribution is 2.25. The van der Waals surface area contributed by atoms with Crippen molar-refractivity contribution in [3.63, 3.8) is 0 Å². The predicted molar refractivity (Wildman–Crippen MR) is 75.2 cm³/mol. The van der Waals surface area contributed by atoms with E-state index < -0.39 is 0 Å². The van der Waals surface area contributed by atoms with E-state index in [1.165, 1.54) is 19.4 Å². The Labute approximate surface area is 120 Å². The Morgan fingerprint density at radius 2 is 2.43 bits per heavy atom. The van der Waals surface area contributed by atoms with Crippen LogP contribution in [0.2, 0.25) is 0 Å². The van der Waals surface area contributed by atoms with Gasteiger partial charge >= 0.3 is 0 Å². The van der Waals surface area contributed by atoms with Crippen LogP contribution in [-0.2, 0) is 9.59 Å². The third-order valence-corrected chi connectivity index (χ3v) is 2.67. The van der Waals surface area contributed by atoms with E-state index in [0.717, 1.165) is 0 Å². The Balaban J connectivity index is 1.87. The van der Waals surface area contributed by atoms with Crippen LogP contribution < -0.4 is 15.6 Å². The topological polar surface area (TPSA) is 112 Å². The van der Waals surface area contributed by atoms with Crippen molar-refractivity contribution in [1.29, 1.82) is 0 Å². The lowest BCUT2D eigenvalue weighted by Gasteiger charge is -2.03. The molecule has 2 rings (SSSR count). The number of nitrogens with one attached hydrogen (secondary N) is 2. The highest BCUT2D eigenvalue weighted by molar-refractivity contribution is 6.11. The van der Waals surface area contributed by atoms with E-state index in [-0.39, 0.29) is 30.4 Å². The van der Waals surface area contributed by atoms with E-state index >= 15 is 0 Å². The van der Waals surface area contributed by atoms with E-state index in [1.807, 2.05) is 0 Å². The zero-order chi connectivity index (χ0) is 15.2. The molecule has 8 heteroatoms. The van der Waals surface area contributed by atoms with Crippen LogP contribution in [-0.4, -0.2) is 36.0 Å². The maximum Gasteiger partial charge on any atom is 0.245 e. The van der Waals surface area contributed by atoms with E-state index in [1.54, 1.807) is 12.1 Å². The van der Waals surface area contributed by atoms with Gasteiger partial charge in [-0.05, 0) is 23.8 Å². The molecule has 0 saturated carbocycles. The molecule has 1 aliphatic rings. The zero-order valence-electron chi connectivity index (χ0n) is 11.3. The van der Waals surface area contributed by atoms with Crippen LogP contribution >= 0.6 is 0 Å². The van der Waals surface area contributed by atoms with Crippen molar-refractivity contribution in [3.05, 3.63) is 23.8 Å². The van der Waals surface area contributed by atoms with E-state index in [9.17, 15) is 14.7 Å². The van der Waals surface area contributed by atoms with E-state index in [4.69, 9.17) is 4.74 Å². The average Bonchev–Trinajstić information content (AvgIpc) is 2.86. The standard InChI is InChI=1S/C13H14N4O4/c1-21-11-4-8(2-3-10(11)18)7-14-16-12(19)5-9-6-13(20)17-15-9/h2-4,7,18H,5-6H2,1H3,(H,16,19)(H,17,20). The van der Waals surface area contributed by atoms with E-state index in [0.29, 0.717) is 17.0 Å². The molecule has 0 radical (unpaired) electrons. The summed E-state index contributed by atoms with van der Waals surface area (Å²) in [4.78, 5) is 22.5. The minimum atomic E-state index is -0.368. The second kappa shape index (κ2) is 6.51. The molecule has 21 heavy (non-hydrogen) atoms. The van der Waals surface area contributed by atoms with Crippen LogP contribution in [0.5, 0.6) is 11.5 Å². The second-order valence-corrected chi connectivity index (χ2v) is 4.29. The summed E-state index contributed by atoms with van der Waals surface area (Å²) in [5.41, 5.74) is 5.72. The van der Waals surface area contributed by atoms with Gasteiger partial charge in [-0.25, -0.2) is 10.9 Å². The third kappa shape index (κ3) is 4.03. The highest BCUT2D eigenvalue weighted by atomic mass is 16.5. The molecule has 0 aliphatic carbocycles. The molecular formula is C13H14N4O4. The van der Waals surface area contributed by atoms with Crippen LogP contribution in [0.1, 0.15) is 18.4 Å². The monoisotopic (exact) mass is 290 g/mol. The minimum Gasteiger partial charge on any atom is -0.504 e. The number of ether oxygens (including phenoxy) is 1. The molecule has 0 spiro atoms. The summed E-state index contributed by atoms with van der Waals surface area (Å²) in [6.07, 6.45) is 1.56. The van der Waals surface area contributed by atoms with Gasteiger partial charge in [0.15, 0.2) is 11.5 Å². The number of nitrogens with zero attached hydrogens (tertiary/aromatic N) is 2. The van der Waals surface area contributed by atoms with Crippen LogP contribution in [0.4, 0.5) is 0 Å². The van der Waals surface area contributed by atoms with Gasteiger partial charge in [0.25, 0.3) is 0 Å². The number of phenols is 1. The molecule has 0 aromatic heterocycles. The van der Waals surface area contributed by atoms with Gasteiger partial charge in [-0.3, -0.25) is 9.59 Å². The summed E-state index contributed by atoms with van der Waals surface area (Å²) in [6, 6.07) is 4.67. The fraction of sp³-hybridized carbons (Fsp3) is 0.231. The number of rotatable bonds is 5. The largest absolute Gasteiger partial charge is 0.504 e. The molecule has 1 heterocycles. The second-order valence-electron chi connectivity index (χ2n) is 4.29. The van der Waals surface area contributed by atoms with E-state index in [2.05, 4.69) is 21.1 Å². The maximum atomic E-state index is 11.6. The van der Waals surface area contributed by atoms with Crippen LogP contribution in [0, 0.1) is 0 Å². The first-order chi connectivity index (χ1) is 10.1. The SMILES string of the molecule is COc1cc(C=NNC(=O)CC2=NNC(=O)C2)ccc1O. The van der Waals surface area contributed by atoms with Crippen molar-refractivity contribution in [2.75, 3.05) is 7.11 Å². The summed E-state index contributed by atoms with van der Waals surface area (Å²) < 4.78 is 4.96. The highest BCUT2D eigenvalue weighted by Gasteiger charge is 2.16. The molecule has 1 aliphatic heterocycles. The average molecular weight is 290 g/mol. The Morgan fingerprint density at radius 1 is 1.62 bits per heavy atom. The number of hydrazone groups is 2. The molecule has 1 aromatic rings. The van der Waals surface area contributed by atoms with Crippen LogP contribution in [0.15, 0.2) is 28.4 Å². The Kier molecular flexibility index (Phi) is 4.50. The van der Waals surface area contributed by atoms with Gasteiger partial charge in [-0.15, -0.1) is 0 Å². The van der Waals surface area contributed by atoms with Crippen molar-refractivity contribution in [3.8, 4) is 11.5 Å². The number of methoxy groups -OCH3 is 1. The zero-order valence-corrected chi connectivity index (χ0v) is 11.3. The number of amides is 2. The fourth-order valence-corrected chi connectivity index (χ4v) is 1.69. The number of benzene rings is 1. The van der Waals surface area contributed by atoms with Crippen molar-refractivity contribution in [2.45, 2.75) is 12.8 Å². The van der Waals surface area contributed by atoms with Gasteiger partial charge in [0.2, 0.25) is 11.8 Å². The minimum absolute atomic E-state index is 0.00891. The molecule has 0 bridgehead atoms. The number of hydrogen-bond acceptors (Lipinski definition) is 6. The lowest BCUT2D eigenvalue weighted by atomic mass is 10.2. The molecule has 0 saturated heterocycles. The molecule has 0 fully saturated rings. The lowest BCUT2D eigenvalue weighted by molar-refractivity contribution is -0.119. The first-order valence-electron chi connectivity index (χ1n) is 6.11. The summed E-state index contributed by atoms with van der Waals surface area (Å²) in [6.45, 7) is 0. The Bertz CT molecular complexity index is 625. The van der Waals surface area contributed by atoms with Crippen LogP contribution in [0.25, 0.3) is 0 Å².